The predicted octanol–water partition coefficient (Wildman–Crippen LogP) is 5.55. The molecule has 0 aliphatic rings. The summed E-state index contributed by atoms with van der Waals surface area (Å²) in [7, 11) is 4.47. The van der Waals surface area contributed by atoms with Crippen molar-refractivity contribution in [1.29, 1.82) is 0 Å². The van der Waals surface area contributed by atoms with Crippen molar-refractivity contribution in [2.75, 3.05) is 27.9 Å². The SMILES string of the molecule is CCOc1c(OC)cc2c(c1OC)c(-c1ccc(OC)cc1O)c(OC(=O)O)n2Cc1ccc2nsnc2c1. The fourth-order valence-corrected chi connectivity index (χ4v) is 5.11. The predicted molar refractivity (Wildman–Crippen MR) is 145 cm³/mol. The molecule has 0 fully saturated rings. The van der Waals surface area contributed by atoms with E-state index >= 15 is 0 Å². The van der Waals surface area contributed by atoms with Crippen LogP contribution in [-0.4, -0.2) is 57.6 Å². The van der Waals surface area contributed by atoms with Gasteiger partial charge in [0.25, 0.3) is 0 Å². The van der Waals surface area contributed by atoms with Gasteiger partial charge in [-0.2, -0.15) is 8.75 Å². The molecule has 2 aromatic heterocycles. The fourth-order valence-electron chi connectivity index (χ4n) is 4.59. The summed E-state index contributed by atoms with van der Waals surface area (Å²) in [5, 5.41) is 21.3. The number of phenols is 1. The summed E-state index contributed by atoms with van der Waals surface area (Å²) in [5.74, 6) is 1.27. The fraction of sp³-hybridized carbons (Fsp3) is 0.222. The average molecular weight is 552 g/mol. The summed E-state index contributed by atoms with van der Waals surface area (Å²) in [4.78, 5) is 12.0. The van der Waals surface area contributed by atoms with Crippen molar-refractivity contribution in [3.05, 3.63) is 48.0 Å². The molecule has 5 rings (SSSR count). The molecule has 0 radical (unpaired) electrons. The van der Waals surface area contributed by atoms with Gasteiger partial charge < -0.3 is 38.5 Å². The Morgan fingerprint density at radius 2 is 1.77 bits per heavy atom. The van der Waals surface area contributed by atoms with Gasteiger partial charge in [0.15, 0.2) is 11.5 Å². The highest BCUT2D eigenvalue weighted by atomic mass is 32.1. The third-order valence-electron chi connectivity index (χ3n) is 6.21. The van der Waals surface area contributed by atoms with Gasteiger partial charge in [-0.3, -0.25) is 0 Å². The number of nitrogens with zero attached hydrogens (tertiary/aromatic N) is 3. The summed E-state index contributed by atoms with van der Waals surface area (Å²) in [5.41, 5.74) is 3.43. The van der Waals surface area contributed by atoms with E-state index in [-0.39, 0.29) is 18.2 Å². The van der Waals surface area contributed by atoms with Crippen LogP contribution in [-0.2, 0) is 6.54 Å². The molecule has 0 spiro atoms. The molecule has 0 saturated carbocycles. The molecule has 0 saturated heterocycles. The highest BCUT2D eigenvalue weighted by Crippen LogP contribution is 2.53. The Morgan fingerprint density at radius 3 is 2.44 bits per heavy atom. The van der Waals surface area contributed by atoms with E-state index in [9.17, 15) is 15.0 Å². The van der Waals surface area contributed by atoms with Crippen LogP contribution in [0.15, 0.2) is 42.5 Å². The molecule has 2 heterocycles. The molecule has 12 heteroatoms. The number of aromatic hydroxyl groups is 1. The number of fused-ring (bicyclic) bond motifs is 2. The molecule has 202 valence electrons. The molecule has 5 aromatic rings. The zero-order valence-corrected chi connectivity index (χ0v) is 22.4. The summed E-state index contributed by atoms with van der Waals surface area (Å²) in [6.07, 6.45) is -1.52. The topological polar surface area (TPSA) is 134 Å². The third-order valence-corrected chi connectivity index (χ3v) is 6.77. The molecule has 0 amide bonds. The lowest BCUT2D eigenvalue weighted by atomic mass is 10.0. The molecule has 2 N–H and O–H groups in total. The van der Waals surface area contributed by atoms with Gasteiger partial charge in [-0.05, 0) is 36.8 Å². The van der Waals surface area contributed by atoms with Gasteiger partial charge >= 0.3 is 6.16 Å². The molecule has 0 atom stereocenters. The number of ether oxygens (including phenoxy) is 5. The van der Waals surface area contributed by atoms with E-state index in [0.29, 0.717) is 51.6 Å². The monoisotopic (exact) mass is 551 g/mol. The first-order chi connectivity index (χ1) is 18.9. The summed E-state index contributed by atoms with van der Waals surface area (Å²) < 4.78 is 38.3. The van der Waals surface area contributed by atoms with Crippen molar-refractivity contribution in [2.45, 2.75) is 13.5 Å². The van der Waals surface area contributed by atoms with Crippen LogP contribution in [0.1, 0.15) is 12.5 Å². The standard InChI is InChI=1S/C27H25N3O8S/c1-5-37-24-21(35-3)12-19-23(25(24)36-4)22(16-8-7-15(34-2)11-20(16)31)26(38-27(32)33)30(19)13-14-6-9-17-18(10-14)29-39-28-17/h6-12,31H,5,13H2,1-4H3,(H,32,33). The molecule has 3 aromatic carbocycles. The van der Waals surface area contributed by atoms with Crippen LogP contribution in [0.5, 0.6) is 34.6 Å². The maximum absolute atomic E-state index is 12.0. The minimum absolute atomic E-state index is 0.0246. The summed E-state index contributed by atoms with van der Waals surface area (Å²) in [6, 6.07) is 12.1. The number of phenolic OH excluding ortho intramolecular Hbond substituents is 1. The average Bonchev–Trinajstić information content (AvgIpc) is 3.50. The zero-order chi connectivity index (χ0) is 27.7. The molecule has 0 aliphatic carbocycles. The van der Waals surface area contributed by atoms with Crippen molar-refractivity contribution in [2.24, 2.45) is 0 Å². The van der Waals surface area contributed by atoms with E-state index in [1.54, 1.807) is 22.8 Å². The lowest BCUT2D eigenvalue weighted by Gasteiger charge is -2.16. The number of carboxylic acid groups (broad SMARTS) is 1. The normalized spacial score (nSPS) is 11.1. The van der Waals surface area contributed by atoms with E-state index in [2.05, 4.69) is 8.75 Å². The Kier molecular flexibility index (Phi) is 7.03. The number of aromatic nitrogens is 3. The van der Waals surface area contributed by atoms with Gasteiger partial charge in [0.2, 0.25) is 11.6 Å². The number of carbonyl (C=O) groups is 1. The Balaban J connectivity index is 1.89. The minimum atomic E-state index is -1.52. The van der Waals surface area contributed by atoms with Crippen molar-refractivity contribution < 1.29 is 38.7 Å². The van der Waals surface area contributed by atoms with E-state index in [4.69, 9.17) is 23.7 Å². The minimum Gasteiger partial charge on any atom is -0.507 e. The van der Waals surface area contributed by atoms with Crippen LogP contribution in [0.2, 0.25) is 0 Å². The number of rotatable bonds is 9. The zero-order valence-electron chi connectivity index (χ0n) is 21.5. The van der Waals surface area contributed by atoms with Gasteiger partial charge in [-0.25, -0.2) is 4.79 Å². The molecular formula is C27H25N3O8S. The van der Waals surface area contributed by atoms with E-state index < -0.39 is 6.16 Å². The molecule has 0 unspecified atom stereocenters. The lowest BCUT2D eigenvalue weighted by Crippen LogP contribution is -2.10. The highest BCUT2D eigenvalue weighted by Gasteiger charge is 2.30. The van der Waals surface area contributed by atoms with Crippen LogP contribution in [0.4, 0.5) is 4.79 Å². The van der Waals surface area contributed by atoms with Gasteiger partial charge in [0, 0.05) is 17.7 Å². The molecule has 0 aliphatic heterocycles. The quantitative estimate of drug-likeness (QED) is 0.225. The van der Waals surface area contributed by atoms with Crippen molar-refractivity contribution in [1.82, 2.24) is 13.3 Å². The second-order valence-electron chi connectivity index (χ2n) is 8.37. The Bertz CT molecular complexity index is 1690. The number of methoxy groups -OCH3 is 3. The van der Waals surface area contributed by atoms with E-state index in [0.717, 1.165) is 28.3 Å². The van der Waals surface area contributed by atoms with E-state index in [1.807, 2.05) is 25.1 Å². The largest absolute Gasteiger partial charge is 0.512 e. The summed E-state index contributed by atoms with van der Waals surface area (Å²) in [6.45, 7) is 2.35. The smallest absolute Gasteiger partial charge is 0.507 e. The van der Waals surface area contributed by atoms with Crippen LogP contribution in [0.3, 0.4) is 0 Å². The Labute approximate surface area is 227 Å². The van der Waals surface area contributed by atoms with Crippen LogP contribution < -0.4 is 23.7 Å². The first-order valence-electron chi connectivity index (χ1n) is 11.8. The van der Waals surface area contributed by atoms with Gasteiger partial charge in [0.1, 0.15) is 22.5 Å². The Hall–Kier alpha value is -4.71. The van der Waals surface area contributed by atoms with Gasteiger partial charge in [-0.15, -0.1) is 0 Å². The third kappa shape index (κ3) is 4.59. The summed E-state index contributed by atoms with van der Waals surface area (Å²) >= 11 is 1.11. The molecule has 39 heavy (non-hydrogen) atoms. The first-order valence-corrected chi connectivity index (χ1v) is 12.6. The number of hydrogen-bond donors (Lipinski definition) is 2. The highest BCUT2D eigenvalue weighted by molar-refractivity contribution is 7.00. The van der Waals surface area contributed by atoms with Gasteiger partial charge in [-0.1, -0.05) is 6.07 Å². The second kappa shape index (κ2) is 10.6. The van der Waals surface area contributed by atoms with Crippen LogP contribution in [0.25, 0.3) is 33.1 Å². The number of hydrogen-bond acceptors (Lipinski definition) is 10. The van der Waals surface area contributed by atoms with E-state index in [1.165, 1.54) is 27.4 Å². The van der Waals surface area contributed by atoms with Crippen LogP contribution in [0, 0.1) is 0 Å². The van der Waals surface area contributed by atoms with Crippen molar-refractivity contribution in [3.63, 3.8) is 0 Å². The maximum Gasteiger partial charge on any atom is 0.512 e. The second-order valence-corrected chi connectivity index (χ2v) is 8.90. The lowest BCUT2D eigenvalue weighted by molar-refractivity contribution is 0.141. The maximum atomic E-state index is 12.0. The van der Waals surface area contributed by atoms with Crippen molar-refractivity contribution >= 4 is 39.8 Å². The number of benzene rings is 3. The van der Waals surface area contributed by atoms with Crippen molar-refractivity contribution in [3.8, 4) is 45.8 Å². The molecule has 0 bridgehead atoms. The Morgan fingerprint density at radius 1 is 0.974 bits per heavy atom. The molecular weight excluding hydrogens is 526 g/mol. The van der Waals surface area contributed by atoms with Crippen LogP contribution >= 0.6 is 11.7 Å². The van der Waals surface area contributed by atoms with Gasteiger partial charge in [0.05, 0.1) is 62.7 Å². The molecule has 11 nitrogen and oxygen atoms in total. The first kappa shape index (κ1) is 25.9.